The maximum absolute atomic E-state index is 13.3. The quantitative estimate of drug-likeness (QED) is 0.162. The fourth-order valence-corrected chi connectivity index (χ4v) is 4.44. The smallest absolute Gasteiger partial charge is 0.300 e. The molecule has 1 amide bonds. The highest BCUT2D eigenvalue weighted by Gasteiger charge is 2.47. The van der Waals surface area contributed by atoms with E-state index in [-0.39, 0.29) is 22.6 Å². The first kappa shape index (κ1) is 24.5. The van der Waals surface area contributed by atoms with Gasteiger partial charge in [-0.25, -0.2) is 0 Å². The topological polar surface area (TPSA) is 124 Å². The minimum atomic E-state index is -1.06. The number of aromatic hydroxyl groups is 1. The number of phenols is 1. The minimum Gasteiger partial charge on any atom is -0.508 e. The molecule has 1 heterocycles. The molecular formula is C27H25N3O6. The van der Waals surface area contributed by atoms with Crippen LogP contribution in [0.1, 0.15) is 31.0 Å². The molecule has 9 nitrogen and oxygen atoms in total. The van der Waals surface area contributed by atoms with Crippen molar-refractivity contribution in [1.82, 2.24) is 0 Å². The van der Waals surface area contributed by atoms with Crippen LogP contribution < -0.4 is 9.80 Å². The molecule has 0 aliphatic carbocycles. The summed E-state index contributed by atoms with van der Waals surface area (Å²) in [6.07, 6.45) is 0. The molecule has 0 bridgehead atoms. The zero-order chi connectivity index (χ0) is 26.0. The van der Waals surface area contributed by atoms with Crippen LogP contribution in [-0.4, -0.2) is 39.9 Å². The van der Waals surface area contributed by atoms with Gasteiger partial charge in [0.2, 0.25) is 0 Å². The number of nitrogens with zero attached hydrogens (tertiary/aromatic N) is 3. The van der Waals surface area contributed by atoms with Crippen molar-refractivity contribution in [2.24, 2.45) is 0 Å². The van der Waals surface area contributed by atoms with Crippen LogP contribution in [0.2, 0.25) is 0 Å². The molecule has 0 saturated carbocycles. The molecular weight excluding hydrogens is 462 g/mol. The normalized spacial score (nSPS) is 16.8. The molecule has 4 rings (SSSR count). The number of carbonyl (C=O) groups excluding carboxylic acids is 2. The number of aliphatic hydroxyl groups is 1. The van der Waals surface area contributed by atoms with Crippen LogP contribution in [0.15, 0.2) is 78.4 Å². The van der Waals surface area contributed by atoms with Crippen LogP contribution in [0.3, 0.4) is 0 Å². The van der Waals surface area contributed by atoms with Crippen molar-refractivity contribution in [3.05, 3.63) is 99.6 Å². The molecule has 1 saturated heterocycles. The summed E-state index contributed by atoms with van der Waals surface area (Å²) in [5, 5.41) is 32.5. The second kappa shape index (κ2) is 9.91. The van der Waals surface area contributed by atoms with Gasteiger partial charge in [-0.3, -0.25) is 24.6 Å². The van der Waals surface area contributed by atoms with Gasteiger partial charge in [-0.15, -0.1) is 0 Å². The van der Waals surface area contributed by atoms with Crippen LogP contribution in [0.25, 0.3) is 5.76 Å². The Kier molecular flexibility index (Phi) is 6.73. The Hall–Kier alpha value is -4.66. The molecule has 1 unspecified atom stereocenters. The number of nitro groups is 1. The van der Waals surface area contributed by atoms with Crippen molar-refractivity contribution >= 4 is 34.5 Å². The zero-order valence-electron chi connectivity index (χ0n) is 19.8. The predicted octanol–water partition coefficient (Wildman–Crippen LogP) is 4.77. The molecule has 3 aromatic carbocycles. The summed E-state index contributed by atoms with van der Waals surface area (Å²) in [4.78, 5) is 40.6. The molecule has 9 heteroatoms. The van der Waals surface area contributed by atoms with Gasteiger partial charge in [0.1, 0.15) is 11.5 Å². The van der Waals surface area contributed by atoms with E-state index in [1.165, 1.54) is 35.2 Å². The third-order valence-corrected chi connectivity index (χ3v) is 6.22. The van der Waals surface area contributed by atoms with Crippen LogP contribution in [0.4, 0.5) is 17.1 Å². The number of anilines is 2. The lowest BCUT2D eigenvalue weighted by molar-refractivity contribution is -0.384. The lowest BCUT2D eigenvalue weighted by Gasteiger charge is -2.27. The van der Waals surface area contributed by atoms with Crippen molar-refractivity contribution in [2.75, 3.05) is 22.9 Å². The van der Waals surface area contributed by atoms with Gasteiger partial charge in [-0.05, 0) is 55.8 Å². The molecule has 0 aromatic heterocycles. The summed E-state index contributed by atoms with van der Waals surface area (Å²) < 4.78 is 0. The predicted molar refractivity (Wildman–Crippen MR) is 136 cm³/mol. The Morgan fingerprint density at radius 2 is 1.67 bits per heavy atom. The highest BCUT2D eigenvalue weighted by molar-refractivity contribution is 6.51. The van der Waals surface area contributed by atoms with E-state index in [0.717, 1.165) is 24.8 Å². The number of hydrogen-bond acceptors (Lipinski definition) is 7. The van der Waals surface area contributed by atoms with E-state index in [0.29, 0.717) is 11.3 Å². The van der Waals surface area contributed by atoms with Gasteiger partial charge >= 0.3 is 0 Å². The van der Waals surface area contributed by atoms with E-state index in [1.807, 2.05) is 26.0 Å². The van der Waals surface area contributed by atoms with Gasteiger partial charge in [0.05, 0.1) is 16.5 Å². The monoisotopic (exact) mass is 487 g/mol. The van der Waals surface area contributed by atoms with Gasteiger partial charge in [0.25, 0.3) is 17.4 Å². The number of aliphatic hydroxyl groups excluding tert-OH is 1. The number of non-ortho nitro benzene ring substituents is 1. The number of ketones is 1. The molecule has 1 atom stereocenters. The SMILES string of the molecule is CCN(CC)c1ccc(N2C(=O)C(=O)/C(=C(\O)c3cccc([N+](=O)[O-])c3)C2c2cccc(O)c2)cc1. The fraction of sp³-hybridized carbons (Fsp3) is 0.185. The second-order valence-corrected chi connectivity index (χ2v) is 8.26. The Morgan fingerprint density at radius 3 is 2.28 bits per heavy atom. The van der Waals surface area contributed by atoms with E-state index in [1.54, 1.807) is 24.3 Å². The number of hydrogen-bond donors (Lipinski definition) is 2. The van der Waals surface area contributed by atoms with Gasteiger partial charge in [0, 0.05) is 42.2 Å². The molecule has 36 heavy (non-hydrogen) atoms. The van der Waals surface area contributed by atoms with E-state index in [9.17, 15) is 29.9 Å². The number of Topliss-reactive ketones (excluding diaryl/α,β-unsaturated/α-hetero) is 1. The fourth-order valence-electron chi connectivity index (χ4n) is 4.44. The number of amides is 1. The first-order valence-electron chi connectivity index (χ1n) is 11.5. The number of nitro benzene ring substituents is 1. The molecule has 1 aliphatic rings. The third-order valence-electron chi connectivity index (χ3n) is 6.22. The van der Waals surface area contributed by atoms with Crippen LogP contribution in [-0.2, 0) is 9.59 Å². The highest BCUT2D eigenvalue weighted by Crippen LogP contribution is 2.43. The number of benzene rings is 3. The zero-order valence-corrected chi connectivity index (χ0v) is 19.8. The molecule has 2 N–H and O–H groups in total. The van der Waals surface area contributed by atoms with Gasteiger partial charge in [0.15, 0.2) is 0 Å². The Bertz CT molecular complexity index is 1360. The maximum Gasteiger partial charge on any atom is 0.300 e. The molecule has 1 aliphatic heterocycles. The Balaban J connectivity index is 1.89. The number of phenolic OH excluding ortho intramolecular Hbond substituents is 1. The first-order chi connectivity index (χ1) is 17.3. The van der Waals surface area contributed by atoms with E-state index in [4.69, 9.17) is 0 Å². The maximum atomic E-state index is 13.3. The first-order valence-corrected chi connectivity index (χ1v) is 11.5. The summed E-state index contributed by atoms with van der Waals surface area (Å²) in [6.45, 7) is 5.66. The van der Waals surface area contributed by atoms with Crippen LogP contribution in [0, 0.1) is 10.1 Å². The van der Waals surface area contributed by atoms with Crippen LogP contribution >= 0.6 is 0 Å². The summed E-state index contributed by atoms with van der Waals surface area (Å²) in [5.74, 6) is -2.40. The third kappa shape index (κ3) is 4.38. The summed E-state index contributed by atoms with van der Waals surface area (Å²) in [5.41, 5.74) is 1.32. The Labute approximate surface area is 207 Å². The second-order valence-electron chi connectivity index (χ2n) is 8.26. The van der Waals surface area contributed by atoms with E-state index >= 15 is 0 Å². The lowest BCUT2D eigenvalue weighted by Crippen LogP contribution is -2.29. The van der Waals surface area contributed by atoms with E-state index < -0.39 is 28.4 Å². The molecule has 184 valence electrons. The number of rotatable bonds is 7. The minimum absolute atomic E-state index is 0.0317. The average molecular weight is 488 g/mol. The van der Waals surface area contributed by atoms with Crippen molar-refractivity contribution in [2.45, 2.75) is 19.9 Å². The average Bonchev–Trinajstić information content (AvgIpc) is 3.15. The molecule has 3 aromatic rings. The lowest BCUT2D eigenvalue weighted by atomic mass is 9.95. The number of carbonyl (C=O) groups is 2. The van der Waals surface area contributed by atoms with Crippen molar-refractivity contribution in [3.8, 4) is 5.75 Å². The van der Waals surface area contributed by atoms with E-state index in [2.05, 4.69) is 4.90 Å². The van der Waals surface area contributed by atoms with Gasteiger partial charge in [-0.1, -0.05) is 24.3 Å². The van der Waals surface area contributed by atoms with Gasteiger partial charge in [-0.2, -0.15) is 0 Å². The van der Waals surface area contributed by atoms with Crippen LogP contribution in [0.5, 0.6) is 5.75 Å². The summed E-state index contributed by atoms with van der Waals surface area (Å²) in [7, 11) is 0. The molecule has 1 fully saturated rings. The Morgan fingerprint density at radius 1 is 1.00 bits per heavy atom. The summed E-state index contributed by atoms with van der Waals surface area (Å²) in [6, 6.07) is 17.4. The highest BCUT2D eigenvalue weighted by atomic mass is 16.6. The largest absolute Gasteiger partial charge is 0.508 e. The summed E-state index contributed by atoms with van der Waals surface area (Å²) >= 11 is 0. The standard InChI is InChI=1S/C27H25N3O6/c1-3-28(4-2)19-11-13-20(14-12-19)29-24(17-7-6-10-22(31)16-17)23(26(33)27(29)34)25(32)18-8-5-9-21(15-18)30(35)36/h5-16,24,31-32H,3-4H2,1-2H3/b25-23-. The van der Waals surface area contributed by atoms with Crippen molar-refractivity contribution < 1.29 is 24.7 Å². The molecule has 0 radical (unpaired) electrons. The van der Waals surface area contributed by atoms with Crippen molar-refractivity contribution in [1.29, 1.82) is 0 Å². The van der Waals surface area contributed by atoms with Gasteiger partial charge < -0.3 is 15.1 Å². The van der Waals surface area contributed by atoms with Crippen molar-refractivity contribution in [3.63, 3.8) is 0 Å². The molecule has 0 spiro atoms.